The van der Waals surface area contributed by atoms with Crippen molar-refractivity contribution >= 4 is 10.0 Å². The van der Waals surface area contributed by atoms with Gasteiger partial charge < -0.3 is 8.94 Å². The van der Waals surface area contributed by atoms with Gasteiger partial charge in [-0.3, -0.25) is 0 Å². The lowest BCUT2D eigenvalue weighted by molar-refractivity contribution is 0.284. The van der Waals surface area contributed by atoms with Crippen LogP contribution in [0, 0.1) is 13.8 Å². The molecule has 9 heteroatoms. The maximum atomic E-state index is 12.8. The standard InChI is InChI=1S/C15H22N4O4S/c1-9(2)14-16-17-15(22-14)12-5-7-19(8-6-12)24(20,21)13-10(3)18-23-11(13)4/h9,12H,5-8H2,1-4H3. The molecule has 3 rings (SSSR count). The van der Waals surface area contributed by atoms with Gasteiger partial charge in [-0.1, -0.05) is 19.0 Å². The summed E-state index contributed by atoms with van der Waals surface area (Å²) in [6, 6.07) is 0. The molecule has 132 valence electrons. The van der Waals surface area contributed by atoms with E-state index in [9.17, 15) is 8.42 Å². The second-order valence-corrected chi connectivity index (χ2v) is 8.34. The largest absolute Gasteiger partial charge is 0.425 e. The molecule has 0 bridgehead atoms. The van der Waals surface area contributed by atoms with Crippen LogP contribution in [0.4, 0.5) is 0 Å². The number of piperidine rings is 1. The minimum absolute atomic E-state index is 0.0983. The summed E-state index contributed by atoms with van der Waals surface area (Å²) in [4.78, 5) is 0.181. The Bertz CT molecular complexity index is 797. The van der Waals surface area contributed by atoms with E-state index in [1.807, 2.05) is 13.8 Å². The zero-order valence-electron chi connectivity index (χ0n) is 14.3. The fourth-order valence-corrected chi connectivity index (χ4v) is 4.72. The van der Waals surface area contributed by atoms with Gasteiger partial charge in [-0.05, 0) is 26.7 Å². The minimum Gasteiger partial charge on any atom is -0.425 e. The van der Waals surface area contributed by atoms with Crippen LogP contribution in [-0.4, -0.2) is 41.2 Å². The van der Waals surface area contributed by atoms with Crippen LogP contribution in [-0.2, 0) is 10.0 Å². The molecule has 0 N–H and O–H groups in total. The normalized spacial score (nSPS) is 17.7. The Hall–Kier alpha value is -1.74. The molecular formula is C15H22N4O4S. The monoisotopic (exact) mass is 354 g/mol. The molecule has 2 aromatic rings. The molecule has 1 aliphatic heterocycles. The maximum Gasteiger partial charge on any atom is 0.248 e. The second kappa shape index (κ2) is 6.29. The Labute approximate surface area is 141 Å². The van der Waals surface area contributed by atoms with Crippen LogP contribution in [0.1, 0.15) is 61.8 Å². The van der Waals surface area contributed by atoms with Crippen molar-refractivity contribution in [3.05, 3.63) is 23.2 Å². The van der Waals surface area contributed by atoms with Crippen LogP contribution < -0.4 is 0 Å². The van der Waals surface area contributed by atoms with E-state index < -0.39 is 10.0 Å². The summed E-state index contributed by atoms with van der Waals surface area (Å²) in [7, 11) is -3.58. The number of nitrogens with zero attached hydrogens (tertiary/aromatic N) is 4. The average Bonchev–Trinajstić information content (AvgIpc) is 3.15. The predicted molar refractivity (Wildman–Crippen MR) is 85.1 cm³/mol. The maximum absolute atomic E-state index is 12.8. The van der Waals surface area contributed by atoms with Gasteiger partial charge in [0.2, 0.25) is 21.8 Å². The number of rotatable bonds is 4. The van der Waals surface area contributed by atoms with Gasteiger partial charge in [0.05, 0.1) is 0 Å². The summed E-state index contributed by atoms with van der Waals surface area (Å²) < 4.78 is 37.8. The molecule has 1 fully saturated rings. The minimum atomic E-state index is -3.58. The molecule has 0 spiro atoms. The van der Waals surface area contributed by atoms with Crippen LogP contribution >= 0.6 is 0 Å². The highest BCUT2D eigenvalue weighted by molar-refractivity contribution is 7.89. The van der Waals surface area contributed by atoms with E-state index in [1.54, 1.807) is 13.8 Å². The van der Waals surface area contributed by atoms with Crippen molar-refractivity contribution in [1.82, 2.24) is 19.7 Å². The van der Waals surface area contributed by atoms with Crippen LogP contribution in [0.2, 0.25) is 0 Å². The van der Waals surface area contributed by atoms with Crippen molar-refractivity contribution in [1.29, 1.82) is 0 Å². The van der Waals surface area contributed by atoms with Crippen LogP contribution in [0.3, 0.4) is 0 Å². The van der Waals surface area contributed by atoms with Gasteiger partial charge in [-0.25, -0.2) is 8.42 Å². The van der Waals surface area contributed by atoms with Crippen molar-refractivity contribution in [2.75, 3.05) is 13.1 Å². The van der Waals surface area contributed by atoms with E-state index in [-0.39, 0.29) is 16.7 Å². The van der Waals surface area contributed by atoms with Crippen molar-refractivity contribution in [3.63, 3.8) is 0 Å². The Morgan fingerprint density at radius 2 is 1.83 bits per heavy atom. The molecule has 24 heavy (non-hydrogen) atoms. The van der Waals surface area contributed by atoms with Gasteiger partial charge in [0, 0.05) is 24.9 Å². The lowest BCUT2D eigenvalue weighted by Crippen LogP contribution is -2.38. The van der Waals surface area contributed by atoms with Gasteiger partial charge in [-0.15, -0.1) is 10.2 Å². The highest BCUT2D eigenvalue weighted by atomic mass is 32.2. The summed E-state index contributed by atoms with van der Waals surface area (Å²) in [6.07, 6.45) is 1.31. The topological polar surface area (TPSA) is 102 Å². The molecule has 0 atom stereocenters. The smallest absolute Gasteiger partial charge is 0.248 e. The van der Waals surface area contributed by atoms with Gasteiger partial charge in [0.1, 0.15) is 10.6 Å². The van der Waals surface area contributed by atoms with E-state index in [0.717, 1.165) is 0 Å². The first kappa shape index (κ1) is 17.1. The average molecular weight is 354 g/mol. The second-order valence-electron chi connectivity index (χ2n) is 6.46. The molecule has 3 heterocycles. The first-order valence-corrected chi connectivity index (χ1v) is 9.51. The highest BCUT2D eigenvalue weighted by Crippen LogP contribution is 2.32. The van der Waals surface area contributed by atoms with E-state index in [2.05, 4.69) is 15.4 Å². The quantitative estimate of drug-likeness (QED) is 0.830. The SMILES string of the molecule is Cc1noc(C)c1S(=O)(=O)N1CCC(c2nnc(C(C)C)o2)CC1. The Kier molecular flexibility index (Phi) is 4.48. The molecule has 2 aromatic heterocycles. The van der Waals surface area contributed by atoms with Crippen molar-refractivity contribution in [3.8, 4) is 0 Å². The molecule has 0 aromatic carbocycles. The molecule has 1 saturated heterocycles. The molecule has 0 saturated carbocycles. The Morgan fingerprint density at radius 1 is 1.17 bits per heavy atom. The van der Waals surface area contributed by atoms with E-state index >= 15 is 0 Å². The summed E-state index contributed by atoms with van der Waals surface area (Å²) >= 11 is 0. The van der Waals surface area contributed by atoms with Crippen molar-refractivity contribution in [2.45, 2.75) is 57.3 Å². The van der Waals surface area contributed by atoms with Crippen LogP contribution in [0.5, 0.6) is 0 Å². The van der Waals surface area contributed by atoms with E-state index in [0.29, 0.717) is 49.2 Å². The number of sulfonamides is 1. The highest BCUT2D eigenvalue weighted by Gasteiger charge is 2.35. The molecule has 1 aliphatic rings. The number of hydrogen-bond donors (Lipinski definition) is 0. The van der Waals surface area contributed by atoms with Crippen molar-refractivity contribution in [2.24, 2.45) is 0 Å². The number of aryl methyl sites for hydroxylation is 2. The molecular weight excluding hydrogens is 332 g/mol. The summed E-state index contributed by atoms with van der Waals surface area (Å²) in [5.74, 6) is 1.84. The van der Waals surface area contributed by atoms with Gasteiger partial charge >= 0.3 is 0 Å². The summed E-state index contributed by atoms with van der Waals surface area (Å²) in [5, 5.41) is 11.9. The lowest BCUT2D eigenvalue weighted by atomic mass is 9.98. The third-order valence-corrected chi connectivity index (χ3v) is 6.46. The predicted octanol–water partition coefficient (Wildman–Crippen LogP) is 2.37. The number of aromatic nitrogens is 3. The fourth-order valence-electron chi connectivity index (χ4n) is 2.96. The molecule has 0 unspecified atom stereocenters. The van der Waals surface area contributed by atoms with E-state index in [4.69, 9.17) is 8.94 Å². The Morgan fingerprint density at radius 3 is 2.33 bits per heavy atom. The zero-order chi connectivity index (χ0) is 17.5. The van der Waals surface area contributed by atoms with Crippen molar-refractivity contribution < 1.29 is 17.4 Å². The lowest BCUT2D eigenvalue weighted by Gasteiger charge is -2.29. The molecule has 8 nitrogen and oxygen atoms in total. The summed E-state index contributed by atoms with van der Waals surface area (Å²) in [5.41, 5.74) is 0.396. The van der Waals surface area contributed by atoms with Gasteiger partial charge in [-0.2, -0.15) is 4.31 Å². The molecule has 0 aliphatic carbocycles. The molecule has 0 amide bonds. The zero-order valence-corrected chi connectivity index (χ0v) is 15.1. The first-order valence-electron chi connectivity index (χ1n) is 8.07. The Balaban J connectivity index is 1.72. The third-order valence-electron chi connectivity index (χ3n) is 4.32. The van der Waals surface area contributed by atoms with Crippen LogP contribution in [0.25, 0.3) is 0 Å². The third kappa shape index (κ3) is 2.98. The summed E-state index contributed by atoms with van der Waals surface area (Å²) in [6.45, 7) is 8.08. The fraction of sp³-hybridized carbons (Fsp3) is 0.667. The van der Waals surface area contributed by atoms with Gasteiger partial charge in [0.15, 0.2) is 5.76 Å². The van der Waals surface area contributed by atoms with Crippen LogP contribution in [0.15, 0.2) is 13.8 Å². The first-order chi connectivity index (χ1) is 11.3. The molecule has 0 radical (unpaired) electrons. The van der Waals surface area contributed by atoms with Gasteiger partial charge in [0.25, 0.3) is 0 Å². The number of hydrogen-bond acceptors (Lipinski definition) is 7. The van der Waals surface area contributed by atoms with E-state index in [1.165, 1.54) is 4.31 Å².